The number of aromatic nitrogens is 5. The van der Waals surface area contributed by atoms with Crippen LogP contribution >= 0.6 is 11.6 Å². The number of carbonyl (C=O) groups is 1. The van der Waals surface area contributed by atoms with Crippen LogP contribution in [0.3, 0.4) is 0 Å². The van der Waals surface area contributed by atoms with Crippen LogP contribution in [0.15, 0.2) is 90.0 Å². The minimum absolute atomic E-state index is 0.119. The number of pyridine rings is 1. The van der Waals surface area contributed by atoms with Gasteiger partial charge in [0, 0.05) is 42.3 Å². The Morgan fingerprint density at radius 2 is 1.79 bits per heavy atom. The van der Waals surface area contributed by atoms with E-state index in [1.807, 2.05) is 12.1 Å². The number of carbonyl (C=O) groups excluding carboxylic acids is 1. The van der Waals surface area contributed by atoms with Gasteiger partial charge < -0.3 is 19.9 Å². The van der Waals surface area contributed by atoms with E-state index in [0.29, 0.717) is 28.8 Å². The molecule has 0 spiro atoms. The number of nitrogens with zero attached hydrogens (tertiary/aromatic N) is 5. The first-order valence-corrected chi connectivity index (χ1v) is 12.0. The highest BCUT2D eigenvalue weighted by Crippen LogP contribution is 2.23. The van der Waals surface area contributed by atoms with Gasteiger partial charge in [0.1, 0.15) is 11.3 Å². The molecule has 2 N–H and O–H groups in total. The molecule has 0 aliphatic carbocycles. The summed E-state index contributed by atoms with van der Waals surface area (Å²) in [6, 6.07) is 19.8. The van der Waals surface area contributed by atoms with Crippen molar-refractivity contribution in [3.05, 3.63) is 118 Å². The molecule has 0 unspecified atom stereocenters. The minimum Gasteiger partial charge on any atom is -0.439 e. The van der Waals surface area contributed by atoms with Crippen LogP contribution < -0.4 is 20.9 Å². The topological polar surface area (TPSA) is 116 Å². The maximum Gasteiger partial charge on any atom is 0.287 e. The van der Waals surface area contributed by atoms with E-state index in [4.69, 9.17) is 16.3 Å². The Morgan fingerprint density at radius 3 is 2.49 bits per heavy atom. The molecule has 3 heterocycles. The van der Waals surface area contributed by atoms with Crippen molar-refractivity contribution >= 4 is 35.0 Å². The zero-order valence-electron chi connectivity index (χ0n) is 20.5. The van der Waals surface area contributed by atoms with Gasteiger partial charge >= 0.3 is 0 Å². The fourth-order valence-electron chi connectivity index (χ4n) is 3.62. The third-order valence-electron chi connectivity index (χ3n) is 5.48. The lowest BCUT2D eigenvalue weighted by Gasteiger charge is -2.16. The van der Waals surface area contributed by atoms with Crippen molar-refractivity contribution in [2.24, 2.45) is 7.05 Å². The summed E-state index contributed by atoms with van der Waals surface area (Å²) in [6.07, 6.45) is 3.11. The Kier molecular flexibility index (Phi) is 7.32. The summed E-state index contributed by atoms with van der Waals surface area (Å²) in [5, 5.41) is 10.4. The lowest BCUT2D eigenvalue weighted by atomic mass is 10.2. The van der Waals surface area contributed by atoms with Gasteiger partial charge in [-0.1, -0.05) is 29.8 Å². The number of aryl methyl sites for hydroxylation is 1. The molecule has 0 aliphatic heterocycles. The van der Waals surface area contributed by atoms with Gasteiger partial charge in [-0.2, -0.15) is 19.5 Å². The molecule has 0 atom stereocenters. The molecule has 5 aromatic rings. The molecule has 12 heteroatoms. The Hall–Kier alpha value is -5.03. The van der Waals surface area contributed by atoms with Crippen LogP contribution in [0.4, 0.5) is 21.8 Å². The average Bonchev–Trinajstić information content (AvgIpc) is 3.32. The van der Waals surface area contributed by atoms with Crippen LogP contribution in [-0.2, 0) is 13.6 Å². The monoisotopic (exact) mass is 545 g/mol. The Labute approximate surface area is 226 Å². The SMILES string of the molecule is Cn1ccc(NC(=O)c2cn(Cc3ccc(Cl)cc3)c(Nc3ccc(Oc4cccc(F)n4)cc3)nc2=O)n1. The molecular weight excluding hydrogens is 525 g/mol. The molecule has 0 saturated heterocycles. The molecule has 1 amide bonds. The molecule has 0 radical (unpaired) electrons. The van der Waals surface area contributed by atoms with Gasteiger partial charge in [0.2, 0.25) is 17.8 Å². The number of rotatable bonds is 8. The number of amides is 1. The summed E-state index contributed by atoms with van der Waals surface area (Å²) in [5.41, 5.74) is 0.606. The van der Waals surface area contributed by atoms with E-state index in [9.17, 15) is 14.0 Å². The standard InChI is InChI=1S/C27H21ClFN7O3/c1-35-14-13-23(34-35)32-25(37)21-16-36(15-17-5-7-18(28)8-6-17)27(33-26(21)38)30-19-9-11-20(12-10-19)39-24-4-2-3-22(29)31-24/h2-14,16H,15H2,1H3,(H,30,33,38)(H,32,34,37). The van der Waals surface area contributed by atoms with E-state index in [1.54, 1.807) is 66.3 Å². The summed E-state index contributed by atoms with van der Waals surface area (Å²) in [5.74, 6) is -0.197. The fourth-order valence-corrected chi connectivity index (χ4v) is 3.75. The van der Waals surface area contributed by atoms with Gasteiger partial charge in [-0.05, 0) is 48.0 Å². The lowest BCUT2D eigenvalue weighted by Crippen LogP contribution is -2.27. The number of ether oxygens (including phenoxy) is 1. The predicted octanol–water partition coefficient (Wildman–Crippen LogP) is 5.00. The second-order valence-corrected chi connectivity index (χ2v) is 8.85. The summed E-state index contributed by atoms with van der Waals surface area (Å²) in [4.78, 5) is 33.6. The van der Waals surface area contributed by atoms with Crippen molar-refractivity contribution in [1.82, 2.24) is 24.3 Å². The maximum atomic E-state index is 13.3. The molecule has 0 aliphatic rings. The maximum absolute atomic E-state index is 13.3. The number of benzene rings is 2. The molecule has 10 nitrogen and oxygen atoms in total. The zero-order valence-corrected chi connectivity index (χ0v) is 21.3. The highest BCUT2D eigenvalue weighted by atomic mass is 35.5. The van der Waals surface area contributed by atoms with Gasteiger partial charge in [-0.3, -0.25) is 14.3 Å². The first kappa shape index (κ1) is 25.6. The molecule has 39 heavy (non-hydrogen) atoms. The molecule has 196 valence electrons. The second-order valence-electron chi connectivity index (χ2n) is 8.42. The first-order valence-electron chi connectivity index (χ1n) is 11.7. The highest BCUT2D eigenvalue weighted by Gasteiger charge is 2.17. The number of anilines is 3. The van der Waals surface area contributed by atoms with Gasteiger partial charge in [0.15, 0.2) is 5.82 Å². The van der Waals surface area contributed by atoms with Crippen LogP contribution in [-0.4, -0.2) is 30.2 Å². The van der Waals surface area contributed by atoms with Crippen LogP contribution in [0.1, 0.15) is 15.9 Å². The minimum atomic E-state index is -0.713. The lowest BCUT2D eigenvalue weighted by molar-refractivity contribution is 0.102. The van der Waals surface area contributed by atoms with E-state index in [1.165, 1.54) is 23.0 Å². The fraction of sp³-hybridized carbons (Fsp3) is 0.0741. The molecule has 3 aromatic heterocycles. The summed E-state index contributed by atoms with van der Waals surface area (Å²) in [7, 11) is 1.72. The number of hydrogen-bond acceptors (Lipinski definition) is 7. The van der Waals surface area contributed by atoms with E-state index in [0.717, 1.165) is 5.56 Å². The predicted molar refractivity (Wildman–Crippen MR) is 144 cm³/mol. The number of halogens is 2. The van der Waals surface area contributed by atoms with E-state index in [2.05, 4.69) is 25.7 Å². The Balaban J connectivity index is 1.42. The van der Waals surface area contributed by atoms with Crippen molar-refractivity contribution in [3.63, 3.8) is 0 Å². The van der Waals surface area contributed by atoms with E-state index < -0.39 is 17.4 Å². The Morgan fingerprint density at radius 1 is 1.03 bits per heavy atom. The van der Waals surface area contributed by atoms with Gasteiger partial charge in [-0.25, -0.2) is 0 Å². The van der Waals surface area contributed by atoms with Crippen LogP contribution in [0, 0.1) is 5.95 Å². The van der Waals surface area contributed by atoms with Crippen molar-refractivity contribution < 1.29 is 13.9 Å². The second kappa shape index (κ2) is 11.2. The normalized spacial score (nSPS) is 10.7. The number of hydrogen-bond donors (Lipinski definition) is 2. The quantitative estimate of drug-likeness (QED) is 0.264. The largest absolute Gasteiger partial charge is 0.439 e. The third-order valence-corrected chi connectivity index (χ3v) is 5.74. The van der Waals surface area contributed by atoms with Gasteiger partial charge in [-0.15, -0.1) is 0 Å². The van der Waals surface area contributed by atoms with Crippen molar-refractivity contribution in [1.29, 1.82) is 0 Å². The van der Waals surface area contributed by atoms with E-state index in [-0.39, 0.29) is 17.4 Å². The van der Waals surface area contributed by atoms with Crippen LogP contribution in [0.2, 0.25) is 5.02 Å². The number of nitrogens with one attached hydrogen (secondary N) is 2. The molecule has 5 rings (SSSR count). The van der Waals surface area contributed by atoms with Crippen molar-refractivity contribution in [3.8, 4) is 11.6 Å². The van der Waals surface area contributed by atoms with E-state index >= 15 is 0 Å². The third kappa shape index (κ3) is 6.46. The molecule has 0 fully saturated rings. The van der Waals surface area contributed by atoms with Gasteiger partial charge in [0.05, 0.1) is 6.54 Å². The zero-order chi connectivity index (χ0) is 27.4. The van der Waals surface area contributed by atoms with Crippen molar-refractivity contribution in [2.75, 3.05) is 10.6 Å². The Bertz CT molecular complexity index is 1690. The molecular formula is C27H21ClFN7O3. The van der Waals surface area contributed by atoms with Crippen LogP contribution in [0.25, 0.3) is 0 Å². The first-order chi connectivity index (χ1) is 18.8. The smallest absolute Gasteiger partial charge is 0.287 e. The molecule has 0 saturated carbocycles. The van der Waals surface area contributed by atoms with Gasteiger partial charge in [0.25, 0.3) is 11.5 Å². The molecule has 0 bridgehead atoms. The van der Waals surface area contributed by atoms with Crippen molar-refractivity contribution in [2.45, 2.75) is 6.54 Å². The average molecular weight is 546 g/mol. The summed E-state index contributed by atoms with van der Waals surface area (Å²) < 4.78 is 22.1. The summed E-state index contributed by atoms with van der Waals surface area (Å²) in [6.45, 7) is 0.295. The summed E-state index contributed by atoms with van der Waals surface area (Å²) >= 11 is 6.02. The molecule has 2 aromatic carbocycles. The van der Waals surface area contributed by atoms with Crippen LogP contribution in [0.5, 0.6) is 11.6 Å². The highest BCUT2D eigenvalue weighted by molar-refractivity contribution is 6.30.